The Morgan fingerprint density at radius 1 is 1.17 bits per heavy atom. The van der Waals surface area contributed by atoms with Crippen LogP contribution in [0.2, 0.25) is 0 Å². The molecule has 6 nitrogen and oxygen atoms in total. The molecule has 0 aliphatic carbocycles. The zero-order valence-corrected chi connectivity index (χ0v) is 7.62. The van der Waals surface area contributed by atoms with E-state index in [9.17, 15) is 8.42 Å². The fraction of sp³-hybridized carbons (Fsp3) is 1.00. The normalized spacial score (nSPS) is 10.3. The molecule has 3 N–H and O–H groups in total. The third kappa shape index (κ3) is 52.7. The molecule has 0 atom stereocenters. The molecular formula is C5H14O6S. The minimum absolute atomic E-state index is 0.0278. The zero-order chi connectivity index (χ0) is 10.0. The van der Waals surface area contributed by atoms with Gasteiger partial charge in [-0.3, -0.25) is 4.55 Å². The Morgan fingerprint density at radius 3 is 1.58 bits per heavy atom. The Hall–Kier alpha value is -0.210. The van der Waals surface area contributed by atoms with Crippen LogP contribution in [0.15, 0.2) is 0 Å². The quantitative estimate of drug-likeness (QED) is 0.378. The third-order valence-corrected chi connectivity index (χ3v) is 0.471. The number of hydrogen-bond donors (Lipinski definition) is 3. The van der Waals surface area contributed by atoms with E-state index in [2.05, 4.69) is 4.74 Å². The molecule has 0 aromatic heterocycles. The van der Waals surface area contributed by atoms with Crippen molar-refractivity contribution in [2.24, 2.45) is 0 Å². The summed E-state index contributed by atoms with van der Waals surface area (Å²) >= 11 is 0. The molecule has 12 heavy (non-hydrogen) atoms. The topological polar surface area (TPSA) is 104 Å². The van der Waals surface area contributed by atoms with E-state index in [4.69, 9.17) is 14.8 Å². The largest absolute Gasteiger partial charge is 0.394 e. The molecule has 0 saturated carbocycles. The van der Waals surface area contributed by atoms with Gasteiger partial charge >= 0.3 is 0 Å². The van der Waals surface area contributed by atoms with Crippen molar-refractivity contribution in [3.05, 3.63) is 0 Å². The summed E-state index contributed by atoms with van der Waals surface area (Å²) in [5.74, 6) is 0. The van der Waals surface area contributed by atoms with Gasteiger partial charge in [-0.25, -0.2) is 0 Å². The van der Waals surface area contributed by atoms with Crippen molar-refractivity contribution in [2.75, 3.05) is 32.7 Å². The monoisotopic (exact) mass is 202 g/mol. The van der Waals surface area contributed by atoms with E-state index in [-0.39, 0.29) is 13.2 Å². The summed E-state index contributed by atoms with van der Waals surface area (Å²) in [6.07, 6.45) is 0.715. The standard InChI is InChI=1S/C4H10O3.CH4O3S/c5-1-3-7-4-2-6;1-5(2,3)4/h5-6H,1-4H2;1H3,(H,2,3,4). The maximum Gasteiger partial charge on any atom is 0.261 e. The molecule has 0 unspecified atom stereocenters. The molecule has 0 aliphatic heterocycles. The maximum absolute atomic E-state index is 9.19. The number of hydrogen-bond acceptors (Lipinski definition) is 5. The lowest BCUT2D eigenvalue weighted by Gasteiger charge is -1.94. The Bertz CT molecular complexity index is 151. The lowest BCUT2D eigenvalue weighted by Crippen LogP contribution is -2.03. The van der Waals surface area contributed by atoms with Crippen molar-refractivity contribution in [3.63, 3.8) is 0 Å². The van der Waals surface area contributed by atoms with Crippen LogP contribution in [0.3, 0.4) is 0 Å². The highest BCUT2D eigenvalue weighted by molar-refractivity contribution is 7.85. The highest BCUT2D eigenvalue weighted by Crippen LogP contribution is 1.68. The molecule has 0 aliphatic rings. The predicted molar refractivity (Wildman–Crippen MR) is 42.5 cm³/mol. The highest BCUT2D eigenvalue weighted by atomic mass is 32.2. The van der Waals surface area contributed by atoms with Crippen molar-refractivity contribution in [2.45, 2.75) is 0 Å². The van der Waals surface area contributed by atoms with E-state index >= 15 is 0 Å². The van der Waals surface area contributed by atoms with Crippen LogP contribution in [-0.2, 0) is 14.9 Å². The molecule has 0 saturated heterocycles. The van der Waals surface area contributed by atoms with Crippen LogP contribution in [-0.4, -0.2) is 55.9 Å². The summed E-state index contributed by atoms with van der Waals surface area (Å²) in [7, 11) is -3.67. The van der Waals surface area contributed by atoms with Gasteiger partial charge in [0.05, 0.1) is 32.7 Å². The Morgan fingerprint density at radius 2 is 1.42 bits per heavy atom. The summed E-state index contributed by atoms with van der Waals surface area (Å²) in [5, 5.41) is 16.2. The number of aliphatic hydroxyl groups excluding tert-OH is 2. The molecule has 0 aromatic carbocycles. The van der Waals surface area contributed by atoms with Crippen molar-refractivity contribution >= 4 is 10.1 Å². The zero-order valence-electron chi connectivity index (χ0n) is 6.80. The third-order valence-electron chi connectivity index (χ3n) is 0.471. The van der Waals surface area contributed by atoms with Crippen LogP contribution in [0.4, 0.5) is 0 Å². The second kappa shape index (κ2) is 8.88. The van der Waals surface area contributed by atoms with Crippen molar-refractivity contribution in [1.29, 1.82) is 0 Å². The van der Waals surface area contributed by atoms with Crippen LogP contribution >= 0.6 is 0 Å². The molecule has 0 fully saturated rings. The molecular weight excluding hydrogens is 188 g/mol. The summed E-state index contributed by atoms with van der Waals surface area (Å²) in [6.45, 7) is 0.696. The lowest BCUT2D eigenvalue weighted by molar-refractivity contribution is 0.0650. The van der Waals surface area contributed by atoms with E-state index in [1.165, 1.54) is 0 Å². The minimum Gasteiger partial charge on any atom is -0.394 e. The molecule has 0 radical (unpaired) electrons. The van der Waals surface area contributed by atoms with E-state index in [0.717, 1.165) is 0 Å². The van der Waals surface area contributed by atoms with Gasteiger partial charge in [0.15, 0.2) is 0 Å². The smallest absolute Gasteiger partial charge is 0.261 e. The highest BCUT2D eigenvalue weighted by Gasteiger charge is 1.81. The average Bonchev–Trinajstić information content (AvgIpc) is 1.85. The van der Waals surface area contributed by atoms with Crippen molar-refractivity contribution in [1.82, 2.24) is 0 Å². The maximum atomic E-state index is 9.19. The van der Waals surface area contributed by atoms with E-state index < -0.39 is 10.1 Å². The summed E-state index contributed by atoms with van der Waals surface area (Å²) < 4.78 is 30.5. The second-order valence-electron chi connectivity index (χ2n) is 1.79. The van der Waals surface area contributed by atoms with Crippen molar-refractivity contribution < 1.29 is 27.9 Å². The molecule has 76 valence electrons. The van der Waals surface area contributed by atoms with E-state index in [1.807, 2.05) is 0 Å². The first kappa shape index (κ1) is 14.3. The Balaban J connectivity index is 0. The predicted octanol–water partition coefficient (Wildman–Crippen LogP) is -1.51. The molecule has 0 aromatic rings. The number of aliphatic hydroxyl groups is 2. The fourth-order valence-corrected chi connectivity index (χ4v) is 0.231. The van der Waals surface area contributed by atoms with Gasteiger partial charge in [-0.15, -0.1) is 0 Å². The van der Waals surface area contributed by atoms with Gasteiger partial charge in [-0.05, 0) is 0 Å². The Kier molecular flexibility index (Phi) is 10.6. The Labute approximate surface area is 71.5 Å². The fourth-order valence-electron chi connectivity index (χ4n) is 0.231. The molecule has 0 rings (SSSR count). The molecule has 0 spiro atoms. The van der Waals surface area contributed by atoms with Gasteiger partial charge in [-0.1, -0.05) is 0 Å². The summed E-state index contributed by atoms with van der Waals surface area (Å²) in [5.41, 5.74) is 0. The van der Waals surface area contributed by atoms with E-state index in [1.54, 1.807) is 0 Å². The van der Waals surface area contributed by atoms with Gasteiger partial charge in [-0.2, -0.15) is 8.42 Å². The second-order valence-corrected chi connectivity index (χ2v) is 3.26. The average molecular weight is 202 g/mol. The first-order chi connectivity index (χ1) is 5.41. The van der Waals surface area contributed by atoms with E-state index in [0.29, 0.717) is 19.5 Å². The summed E-state index contributed by atoms with van der Waals surface area (Å²) in [6, 6.07) is 0. The SMILES string of the molecule is CS(=O)(=O)O.OCCOCCO. The summed E-state index contributed by atoms with van der Waals surface area (Å²) in [4.78, 5) is 0. The van der Waals surface area contributed by atoms with Crippen molar-refractivity contribution in [3.8, 4) is 0 Å². The minimum atomic E-state index is -3.67. The van der Waals surface area contributed by atoms with Gasteiger partial charge in [0.2, 0.25) is 0 Å². The van der Waals surface area contributed by atoms with Crippen LogP contribution in [0, 0.1) is 0 Å². The van der Waals surface area contributed by atoms with Gasteiger partial charge in [0, 0.05) is 0 Å². The van der Waals surface area contributed by atoms with Crippen LogP contribution in [0.1, 0.15) is 0 Å². The molecule has 0 heterocycles. The lowest BCUT2D eigenvalue weighted by atomic mass is 10.7. The van der Waals surface area contributed by atoms with Gasteiger partial charge in [0.1, 0.15) is 0 Å². The number of rotatable bonds is 4. The first-order valence-corrected chi connectivity index (χ1v) is 4.98. The molecule has 0 amide bonds. The van der Waals surface area contributed by atoms with Crippen LogP contribution < -0.4 is 0 Å². The van der Waals surface area contributed by atoms with Gasteiger partial charge < -0.3 is 14.9 Å². The van der Waals surface area contributed by atoms with Crippen LogP contribution in [0.5, 0.6) is 0 Å². The molecule has 7 heteroatoms. The first-order valence-electron chi connectivity index (χ1n) is 3.13. The van der Waals surface area contributed by atoms with Crippen LogP contribution in [0.25, 0.3) is 0 Å². The number of ether oxygens (including phenoxy) is 1. The molecule has 0 bridgehead atoms. The van der Waals surface area contributed by atoms with Gasteiger partial charge in [0.25, 0.3) is 10.1 Å².